The van der Waals surface area contributed by atoms with Crippen molar-refractivity contribution in [3.05, 3.63) is 42.9 Å². The first-order valence-electron chi connectivity index (χ1n) is 7.56. The van der Waals surface area contributed by atoms with Gasteiger partial charge in [-0.2, -0.15) is 0 Å². The topological polar surface area (TPSA) is 86.8 Å². The third-order valence-electron chi connectivity index (χ3n) is 2.92. The number of pyridine rings is 1. The molecule has 0 aliphatic carbocycles. The zero-order valence-electron chi connectivity index (χ0n) is 12.6. The summed E-state index contributed by atoms with van der Waals surface area (Å²) in [4.78, 5) is 12.4. The average Bonchev–Trinajstić information content (AvgIpc) is 2.58. The molecule has 0 bridgehead atoms. The lowest BCUT2D eigenvalue weighted by Gasteiger charge is -2.08. The van der Waals surface area contributed by atoms with Gasteiger partial charge in [-0.15, -0.1) is 0 Å². The van der Waals surface area contributed by atoms with Gasteiger partial charge in [0.2, 0.25) is 5.95 Å². The van der Waals surface area contributed by atoms with Gasteiger partial charge in [-0.05, 0) is 44.1 Å². The van der Waals surface area contributed by atoms with Crippen molar-refractivity contribution in [1.82, 2.24) is 25.7 Å². The Balaban J connectivity index is 1.37. The maximum Gasteiger partial charge on any atom is 0.222 e. The van der Waals surface area contributed by atoms with Gasteiger partial charge in [0.15, 0.2) is 0 Å². The molecular formula is C15H23N7. The molecule has 0 spiro atoms. The fourth-order valence-corrected chi connectivity index (χ4v) is 1.82. The van der Waals surface area contributed by atoms with E-state index in [9.17, 15) is 0 Å². The maximum atomic E-state index is 4.17. The molecule has 2 aromatic rings. The largest absolute Gasteiger partial charge is 0.354 e. The highest BCUT2D eigenvalue weighted by molar-refractivity contribution is 5.31. The summed E-state index contributed by atoms with van der Waals surface area (Å²) in [6.07, 6.45) is 7.33. The molecule has 0 radical (unpaired) electrons. The van der Waals surface area contributed by atoms with Gasteiger partial charge in [0.1, 0.15) is 5.82 Å². The Hall–Kier alpha value is -2.25. The minimum absolute atomic E-state index is 0.687. The second kappa shape index (κ2) is 10.5. The quantitative estimate of drug-likeness (QED) is 0.367. The molecule has 2 heterocycles. The summed E-state index contributed by atoms with van der Waals surface area (Å²) in [7, 11) is 0. The number of rotatable bonds is 11. The highest BCUT2D eigenvalue weighted by Gasteiger charge is 1.93. The average molecular weight is 301 g/mol. The van der Waals surface area contributed by atoms with Crippen molar-refractivity contribution >= 4 is 11.8 Å². The van der Waals surface area contributed by atoms with Crippen LogP contribution in [-0.4, -0.2) is 41.1 Å². The third-order valence-corrected chi connectivity index (χ3v) is 2.92. The summed E-state index contributed by atoms with van der Waals surface area (Å²) in [6, 6.07) is 7.58. The number of nitrogens with zero attached hydrogens (tertiary/aromatic N) is 3. The van der Waals surface area contributed by atoms with E-state index in [0.717, 1.165) is 44.8 Å². The molecule has 0 aromatic carbocycles. The number of hydrogen-bond donors (Lipinski definition) is 4. The smallest absolute Gasteiger partial charge is 0.222 e. The minimum atomic E-state index is 0.687. The van der Waals surface area contributed by atoms with E-state index in [1.807, 2.05) is 24.3 Å². The lowest BCUT2D eigenvalue weighted by Crippen LogP contribution is -2.27. The van der Waals surface area contributed by atoms with E-state index in [0.29, 0.717) is 5.95 Å². The predicted molar refractivity (Wildman–Crippen MR) is 88.5 cm³/mol. The van der Waals surface area contributed by atoms with Crippen LogP contribution in [0.4, 0.5) is 11.8 Å². The minimum Gasteiger partial charge on any atom is -0.354 e. The van der Waals surface area contributed by atoms with Crippen LogP contribution >= 0.6 is 0 Å². The number of nitrogens with one attached hydrogen (secondary N) is 4. The molecule has 0 aliphatic rings. The Bertz CT molecular complexity index is 444. The molecule has 7 heteroatoms. The van der Waals surface area contributed by atoms with Crippen LogP contribution < -0.4 is 21.5 Å². The van der Waals surface area contributed by atoms with Gasteiger partial charge in [0, 0.05) is 31.7 Å². The Morgan fingerprint density at radius 3 is 2.32 bits per heavy atom. The van der Waals surface area contributed by atoms with Crippen LogP contribution in [0, 0.1) is 0 Å². The molecule has 118 valence electrons. The van der Waals surface area contributed by atoms with E-state index in [-0.39, 0.29) is 0 Å². The number of anilines is 2. The third kappa shape index (κ3) is 6.96. The highest BCUT2D eigenvalue weighted by atomic mass is 15.4. The van der Waals surface area contributed by atoms with Crippen LogP contribution in [-0.2, 0) is 0 Å². The van der Waals surface area contributed by atoms with E-state index in [1.54, 1.807) is 18.6 Å². The normalized spacial score (nSPS) is 10.4. The summed E-state index contributed by atoms with van der Waals surface area (Å²) in [5, 5.41) is 6.59. The lowest BCUT2D eigenvalue weighted by molar-refractivity contribution is 0.610. The molecular weight excluding hydrogens is 278 g/mol. The molecule has 0 aliphatic heterocycles. The Kier molecular flexibility index (Phi) is 7.68. The molecule has 0 saturated heterocycles. The fraction of sp³-hybridized carbons (Fsp3) is 0.400. The monoisotopic (exact) mass is 301 g/mol. The predicted octanol–water partition coefficient (Wildman–Crippen LogP) is 1.27. The maximum absolute atomic E-state index is 4.17. The van der Waals surface area contributed by atoms with Crippen molar-refractivity contribution in [2.75, 3.05) is 36.9 Å². The van der Waals surface area contributed by atoms with E-state index in [4.69, 9.17) is 0 Å². The van der Waals surface area contributed by atoms with Gasteiger partial charge >= 0.3 is 0 Å². The van der Waals surface area contributed by atoms with Crippen molar-refractivity contribution in [1.29, 1.82) is 0 Å². The summed E-state index contributed by atoms with van der Waals surface area (Å²) in [5.41, 5.74) is 6.21. The second-order valence-electron chi connectivity index (χ2n) is 4.72. The molecule has 22 heavy (non-hydrogen) atoms. The van der Waals surface area contributed by atoms with Gasteiger partial charge in [0.05, 0.1) is 0 Å². The van der Waals surface area contributed by atoms with Gasteiger partial charge in [-0.25, -0.2) is 20.4 Å². The zero-order chi connectivity index (χ0) is 15.3. The standard InChI is InChI=1S/C15H23N7/c1-2-9-17-14(6-1)22-21-13-4-8-16-7-3-10-18-15-19-11-5-12-20-15/h1-2,5-6,9,11-12,16,21H,3-4,7-8,10,13H2,(H,17,22)(H,18,19,20). The molecule has 2 rings (SSSR count). The first-order valence-corrected chi connectivity index (χ1v) is 7.56. The molecule has 4 N–H and O–H groups in total. The van der Waals surface area contributed by atoms with Crippen LogP contribution in [0.1, 0.15) is 12.8 Å². The van der Waals surface area contributed by atoms with Crippen molar-refractivity contribution < 1.29 is 0 Å². The zero-order valence-corrected chi connectivity index (χ0v) is 12.6. The Morgan fingerprint density at radius 1 is 0.773 bits per heavy atom. The van der Waals surface area contributed by atoms with Crippen LogP contribution in [0.25, 0.3) is 0 Å². The van der Waals surface area contributed by atoms with Crippen LogP contribution in [0.5, 0.6) is 0 Å². The van der Waals surface area contributed by atoms with Crippen molar-refractivity contribution in [2.45, 2.75) is 12.8 Å². The molecule has 2 aromatic heterocycles. The fourth-order valence-electron chi connectivity index (χ4n) is 1.82. The Labute approximate surface area is 131 Å². The first-order chi connectivity index (χ1) is 10.9. The van der Waals surface area contributed by atoms with Crippen LogP contribution in [0.15, 0.2) is 42.9 Å². The van der Waals surface area contributed by atoms with Gasteiger partial charge < -0.3 is 16.1 Å². The van der Waals surface area contributed by atoms with Gasteiger partial charge in [-0.3, -0.25) is 0 Å². The molecule has 0 atom stereocenters. The second-order valence-corrected chi connectivity index (χ2v) is 4.72. The number of aromatic nitrogens is 3. The molecule has 0 amide bonds. The van der Waals surface area contributed by atoms with Crippen LogP contribution in [0.3, 0.4) is 0 Å². The summed E-state index contributed by atoms with van der Waals surface area (Å²) in [6.45, 7) is 3.72. The van der Waals surface area contributed by atoms with Gasteiger partial charge in [0.25, 0.3) is 0 Å². The van der Waals surface area contributed by atoms with Gasteiger partial charge in [-0.1, -0.05) is 6.07 Å². The first kappa shape index (κ1) is 16.1. The van der Waals surface area contributed by atoms with Crippen molar-refractivity contribution in [3.63, 3.8) is 0 Å². The van der Waals surface area contributed by atoms with Crippen molar-refractivity contribution in [2.24, 2.45) is 0 Å². The number of hydrazine groups is 1. The van der Waals surface area contributed by atoms with Crippen LogP contribution in [0.2, 0.25) is 0 Å². The molecule has 0 unspecified atom stereocenters. The van der Waals surface area contributed by atoms with Crippen molar-refractivity contribution in [3.8, 4) is 0 Å². The lowest BCUT2D eigenvalue weighted by atomic mass is 10.4. The molecule has 0 fully saturated rings. The highest BCUT2D eigenvalue weighted by Crippen LogP contribution is 1.96. The van der Waals surface area contributed by atoms with E-state index in [2.05, 4.69) is 36.4 Å². The number of hydrogen-bond acceptors (Lipinski definition) is 7. The van der Waals surface area contributed by atoms with E-state index < -0.39 is 0 Å². The molecule has 0 saturated carbocycles. The summed E-state index contributed by atoms with van der Waals surface area (Å²) < 4.78 is 0. The van der Waals surface area contributed by atoms with E-state index in [1.165, 1.54) is 0 Å². The Morgan fingerprint density at radius 2 is 1.55 bits per heavy atom. The summed E-state index contributed by atoms with van der Waals surface area (Å²) >= 11 is 0. The summed E-state index contributed by atoms with van der Waals surface area (Å²) in [5.74, 6) is 1.52. The molecule has 7 nitrogen and oxygen atoms in total. The SMILES string of the molecule is c1ccc(NNCCCNCCCNc2ncccn2)nc1. The van der Waals surface area contributed by atoms with E-state index >= 15 is 0 Å².